The van der Waals surface area contributed by atoms with E-state index in [0.29, 0.717) is 36.6 Å². The summed E-state index contributed by atoms with van der Waals surface area (Å²) in [6, 6.07) is 9.81. The second-order valence-corrected chi connectivity index (χ2v) is 8.58. The van der Waals surface area contributed by atoms with Gasteiger partial charge in [0, 0.05) is 18.2 Å². The van der Waals surface area contributed by atoms with Crippen LogP contribution in [0.2, 0.25) is 0 Å². The maximum absolute atomic E-state index is 13.5. The molecule has 8 nitrogen and oxygen atoms in total. The van der Waals surface area contributed by atoms with Gasteiger partial charge in [-0.25, -0.2) is 9.79 Å². The van der Waals surface area contributed by atoms with Crippen LogP contribution in [0.4, 0.5) is 5.69 Å². The minimum absolute atomic E-state index is 0.249. The zero-order valence-corrected chi connectivity index (χ0v) is 20.3. The van der Waals surface area contributed by atoms with Crippen molar-refractivity contribution < 1.29 is 14.3 Å². The number of aryl methyl sites for hydroxylation is 4. The lowest BCUT2D eigenvalue weighted by molar-refractivity contribution is -0.118. The summed E-state index contributed by atoms with van der Waals surface area (Å²) in [5.41, 5.74) is 12.1. The van der Waals surface area contributed by atoms with Crippen molar-refractivity contribution in [2.24, 2.45) is 10.7 Å². The second-order valence-electron chi connectivity index (χ2n) is 8.58. The van der Waals surface area contributed by atoms with Gasteiger partial charge < -0.3 is 15.2 Å². The molecule has 0 spiro atoms. The molecular formula is C26H30N4O4. The topological polar surface area (TPSA) is 101 Å². The summed E-state index contributed by atoms with van der Waals surface area (Å²) in [5, 5.41) is 0. The third-order valence-electron chi connectivity index (χ3n) is 6.04. The average Bonchev–Trinajstić information content (AvgIpc) is 2.77. The highest BCUT2D eigenvalue weighted by atomic mass is 16.5. The number of aromatic nitrogens is 2. The van der Waals surface area contributed by atoms with Gasteiger partial charge in [-0.2, -0.15) is 0 Å². The van der Waals surface area contributed by atoms with Gasteiger partial charge >= 0.3 is 5.69 Å². The maximum Gasteiger partial charge on any atom is 0.330 e. The Morgan fingerprint density at radius 2 is 1.79 bits per heavy atom. The molecule has 34 heavy (non-hydrogen) atoms. The minimum atomic E-state index is -0.601. The number of ether oxygens (including phenoxy) is 2. The Hall–Kier alpha value is -3.81. The molecule has 1 aliphatic rings. The normalized spacial score (nSPS) is 12.8. The molecule has 2 aromatic carbocycles. The molecule has 2 N–H and O–H groups in total. The van der Waals surface area contributed by atoms with Crippen LogP contribution in [-0.2, 0) is 24.3 Å². The van der Waals surface area contributed by atoms with Crippen LogP contribution in [-0.4, -0.2) is 28.8 Å². The average molecular weight is 463 g/mol. The third-order valence-corrected chi connectivity index (χ3v) is 6.04. The second kappa shape index (κ2) is 9.21. The number of amides is 1. The van der Waals surface area contributed by atoms with Gasteiger partial charge in [-0.05, 0) is 62.9 Å². The molecule has 1 aliphatic heterocycles. The highest BCUT2D eigenvalue weighted by molar-refractivity contribution is 5.74. The van der Waals surface area contributed by atoms with Crippen LogP contribution in [0.3, 0.4) is 0 Å². The first-order chi connectivity index (χ1) is 16.2. The summed E-state index contributed by atoms with van der Waals surface area (Å²) in [7, 11) is 1.59. The van der Waals surface area contributed by atoms with Crippen LogP contribution >= 0.6 is 0 Å². The van der Waals surface area contributed by atoms with Crippen LogP contribution in [0.1, 0.15) is 29.2 Å². The molecule has 0 radical (unpaired) electrons. The standard InChI is InChI=1S/C26H30N4O4/c1-6-34-22-11-18-7-8-29-20(19(18)12-21(22)33-5)13-24(30(26(29)32)14-23(27)31)28-25-16(3)9-15(2)10-17(25)4/h9-13H,6-8,14H2,1-5H3,(H2,27,31)/b28-24+. The number of methoxy groups -OCH3 is 1. The van der Waals surface area contributed by atoms with Crippen molar-refractivity contribution in [2.75, 3.05) is 13.7 Å². The number of hydrogen-bond donors (Lipinski definition) is 1. The first-order valence-electron chi connectivity index (χ1n) is 11.3. The Bertz CT molecular complexity index is 1390. The first kappa shape index (κ1) is 23.4. The minimum Gasteiger partial charge on any atom is -0.493 e. The van der Waals surface area contributed by atoms with Crippen molar-refractivity contribution in [3.63, 3.8) is 0 Å². The fourth-order valence-corrected chi connectivity index (χ4v) is 4.63. The predicted molar refractivity (Wildman–Crippen MR) is 131 cm³/mol. The number of carbonyl (C=O) groups excluding carboxylic acids is 1. The molecule has 3 aromatic rings. The van der Waals surface area contributed by atoms with E-state index in [1.165, 1.54) is 4.57 Å². The molecule has 0 atom stereocenters. The third kappa shape index (κ3) is 4.23. The van der Waals surface area contributed by atoms with Crippen LogP contribution in [0, 0.1) is 20.8 Å². The first-order valence-corrected chi connectivity index (χ1v) is 11.3. The van der Waals surface area contributed by atoms with E-state index in [4.69, 9.17) is 20.2 Å². The van der Waals surface area contributed by atoms with Crippen molar-refractivity contribution in [1.29, 1.82) is 0 Å². The Labute approximate surface area is 198 Å². The van der Waals surface area contributed by atoms with Crippen LogP contribution in [0.5, 0.6) is 11.5 Å². The molecular weight excluding hydrogens is 432 g/mol. The SMILES string of the molecule is CCOc1cc2c(cc1OC)-c1c/c(=N\c3c(C)cc(C)cc3C)n(CC(N)=O)c(=O)n1CC2. The summed E-state index contributed by atoms with van der Waals surface area (Å²) < 4.78 is 14.3. The van der Waals surface area contributed by atoms with E-state index in [1.54, 1.807) is 11.7 Å². The number of primary amides is 1. The summed E-state index contributed by atoms with van der Waals surface area (Å²) >= 11 is 0. The van der Waals surface area contributed by atoms with E-state index in [-0.39, 0.29) is 12.2 Å². The van der Waals surface area contributed by atoms with Crippen molar-refractivity contribution in [3.8, 4) is 22.8 Å². The maximum atomic E-state index is 13.5. The van der Waals surface area contributed by atoms with Gasteiger partial charge in [0.05, 0.1) is 25.1 Å². The van der Waals surface area contributed by atoms with E-state index >= 15 is 0 Å². The fourth-order valence-electron chi connectivity index (χ4n) is 4.63. The molecule has 0 saturated heterocycles. The van der Waals surface area contributed by atoms with Crippen molar-refractivity contribution >= 4 is 11.6 Å². The van der Waals surface area contributed by atoms with Crippen LogP contribution in [0.15, 0.2) is 40.1 Å². The quantitative estimate of drug-likeness (QED) is 0.609. The van der Waals surface area contributed by atoms with E-state index in [2.05, 4.69) is 0 Å². The van der Waals surface area contributed by atoms with Gasteiger partial charge in [-0.3, -0.25) is 13.9 Å². The number of nitrogens with two attached hydrogens (primary N) is 1. The van der Waals surface area contributed by atoms with Gasteiger partial charge in [0.1, 0.15) is 12.0 Å². The summed E-state index contributed by atoms with van der Waals surface area (Å²) in [4.78, 5) is 30.2. The van der Waals surface area contributed by atoms with Crippen molar-refractivity contribution in [3.05, 3.63) is 68.6 Å². The molecule has 0 unspecified atom stereocenters. The van der Waals surface area contributed by atoms with Crippen molar-refractivity contribution in [1.82, 2.24) is 9.13 Å². The molecule has 1 aromatic heterocycles. The number of fused-ring (bicyclic) bond motifs is 3. The van der Waals surface area contributed by atoms with Crippen molar-refractivity contribution in [2.45, 2.75) is 47.2 Å². The number of benzene rings is 2. The van der Waals surface area contributed by atoms with Crippen LogP contribution < -0.4 is 26.4 Å². The summed E-state index contributed by atoms with van der Waals surface area (Å²) in [5.74, 6) is 0.671. The highest BCUT2D eigenvalue weighted by Crippen LogP contribution is 2.37. The van der Waals surface area contributed by atoms with E-state index < -0.39 is 5.91 Å². The molecule has 178 valence electrons. The van der Waals surface area contributed by atoms with Gasteiger partial charge in [-0.1, -0.05) is 17.7 Å². The molecule has 4 rings (SSSR count). The van der Waals surface area contributed by atoms with E-state index in [1.807, 2.05) is 58.0 Å². The van der Waals surface area contributed by atoms with Gasteiger partial charge in [0.25, 0.3) is 0 Å². The largest absolute Gasteiger partial charge is 0.493 e. The fraction of sp³-hybridized carbons (Fsp3) is 0.346. The Kier molecular flexibility index (Phi) is 6.32. The van der Waals surface area contributed by atoms with Gasteiger partial charge in [-0.15, -0.1) is 0 Å². The molecule has 1 amide bonds. The van der Waals surface area contributed by atoms with E-state index in [9.17, 15) is 9.59 Å². The van der Waals surface area contributed by atoms with Crippen LogP contribution in [0.25, 0.3) is 11.3 Å². The zero-order valence-electron chi connectivity index (χ0n) is 20.3. The number of hydrogen-bond acceptors (Lipinski definition) is 5. The highest BCUT2D eigenvalue weighted by Gasteiger charge is 2.23. The predicted octanol–water partition coefficient (Wildman–Crippen LogP) is 2.92. The summed E-state index contributed by atoms with van der Waals surface area (Å²) in [6.45, 7) is 8.67. The smallest absolute Gasteiger partial charge is 0.330 e. The molecule has 8 heteroatoms. The number of rotatable bonds is 6. The zero-order chi connectivity index (χ0) is 24.6. The molecule has 2 heterocycles. The lowest BCUT2D eigenvalue weighted by atomic mass is 9.97. The van der Waals surface area contributed by atoms with Gasteiger partial charge in [0.15, 0.2) is 11.5 Å². The molecule has 0 bridgehead atoms. The molecule has 0 saturated carbocycles. The van der Waals surface area contributed by atoms with E-state index in [0.717, 1.165) is 39.2 Å². The Morgan fingerprint density at radius 1 is 1.09 bits per heavy atom. The van der Waals surface area contributed by atoms with Gasteiger partial charge in [0.2, 0.25) is 5.91 Å². The molecule has 0 fully saturated rings. The Balaban J connectivity index is 2.02. The Morgan fingerprint density at radius 3 is 2.41 bits per heavy atom. The monoisotopic (exact) mass is 462 g/mol. The lowest BCUT2D eigenvalue weighted by Gasteiger charge is -2.24. The lowest BCUT2D eigenvalue weighted by Crippen LogP contribution is -2.44. The number of carbonyl (C=O) groups is 1. The summed E-state index contributed by atoms with van der Waals surface area (Å²) in [6.07, 6.45) is 0.648. The number of nitrogens with zero attached hydrogens (tertiary/aromatic N) is 3. The molecule has 0 aliphatic carbocycles.